The van der Waals surface area contributed by atoms with E-state index in [2.05, 4.69) is 11.8 Å². The molecular weight excluding hydrogens is 162 g/mol. The van der Waals surface area contributed by atoms with Gasteiger partial charge in [0.25, 0.3) is 0 Å². The van der Waals surface area contributed by atoms with Crippen molar-refractivity contribution in [3.63, 3.8) is 0 Å². The normalized spacial score (nSPS) is 27.3. The van der Waals surface area contributed by atoms with Crippen molar-refractivity contribution in [2.45, 2.75) is 19.4 Å². The summed E-state index contributed by atoms with van der Waals surface area (Å²) in [6.07, 6.45) is 1.49. The van der Waals surface area contributed by atoms with Crippen molar-refractivity contribution in [3.8, 4) is 0 Å². The molecule has 1 atom stereocenters. The molecule has 0 N–H and O–H groups in total. The van der Waals surface area contributed by atoms with Crippen LogP contribution in [0, 0.1) is 0 Å². The maximum Gasteiger partial charge on any atom is 0.0674 e. The summed E-state index contributed by atoms with van der Waals surface area (Å²) in [4.78, 5) is 2.41. The molecule has 11 heavy (non-hydrogen) atoms. The topological polar surface area (TPSA) is 12.5 Å². The van der Waals surface area contributed by atoms with E-state index in [0.29, 0.717) is 6.10 Å². The third-order valence-electron chi connectivity index (χ3n) is 1.93. The van der Waals surface area contributed by atoms with Crippen molar-refractivity contribution in [2.75, 3.05) is 32.1 Å². The van der Waals surface area contributed by atoms with E-state index in [1.165, 1.54) is 0 Å². The molecule has 1 heterocycles. The van der Waals surface area contributed by atoms with E-state index in [4.69, 9.17) is 16.3 Å². The standard InChI is InChI=1S/C8H16ClNO/c1-8-7-10(4-2-3-9)5-6-11-8/h8H,2-7H2,1H3/t8-/m1/s1. The third kappa shape index (κ3) is 3.41. The maximum atomic E-state index is 5.60. The summed E-state index contributed by atoms with van der Waals surface area (Å²) >= 11 is 5.60. The fourth-order valence-corrected chi connectivity index (χ4v) is 1.50. The molecule has 0 radical (unpaired) electrons. The van der Waals surface area contributed by atoms with Gasteiger partial charge in [-0.1, -0.05) is 0 Å². The van der Waals surface area contributed by atoms with E-state index in [1.807, 2.05) is 0 Å². The first-order chi connectivity index (χ1) is 5.33. The monoisotopic (exact) mass is 177 g/mol. The van der Waals surface area contributed by atoms with E-state index in [9.17, 15) is 0 Å². The Labute approximate surface area is 73.5 Å². The molecule has 0 spiro atoms. The summed E-state index contributed by atoms with van der Waals surface area (Å²) in [6.45, 7) is 6.26. The zero-order chi connectivity index (χ0) is 8.10. The average Bonchev–Trinajstić information content (AvgIpc) is 2.01. The Hall–Kier alpha value is 0.210. The van der Waals surface area contributed by atoms with Crippen molar-refractivity contribution in [1.82, 2.24) is 4.90 Å². The Morgan fingerprint density at radius 1 is 1.64 bits per heavy atom. The second kappa shape index (κ2) is 4.96. The van der Waals surface area contributed by atoms with Gasteiger partial charge in [0, 0.05) is 19.0 Å². The first-order valence-corrected chi connectivity index (χ1v) is 4.76. The summed E-state index contributed by atoms with van der Waals surface area (Å²) in [5.74, 6) is 0.770. The van der Waals surface area contributed by atoms with E-state index in [1.54, 1.807) is 0 Å². The van der Waals surface area contributed by atoms with Gasteiger partial charge in [-0.15, -0.1) is 11.6 Å². The number of nitrogens with zero attached hydrogens (tertiary/aromatic N) is 1. The van der Waals surface area contributed by atoms with Gasteiger partial charge in [-0.25, -0.2) is 0 Å². The lowest BCUT2D eigenvalue weighted by Crippen LogP contribution is -2.41. The Morgan fingerprint density at radius 3 is 3.09 bits per heavy atom. The van der Waals surface area contributed by atoms with E-state index < -0.39 is 0 Å². The van der Waals surface area contributed by atoms with Crippen molar-refractivity contribution in [3.05, 3.63) is 0 Å². The molecule has 66 valence electrons. The van der Waals surface area contributed by atoms with Crippen LogP contribution in [0.4, 0.5) is 0 Å². The summed E-state index contributed by atoms with van der Waals surface area (Å²) in [6, 6.07) is 0. The van der Waals surface area contributed by atoms with E-state index in [-0.39, 0.29) is 0 Å². The molecule has 0 bridgehead atoms. The molecule has 1 aliphatic heterocycles. The fraction of sp³-hybridized carbons (Fsp3) is 1.00. The Bertz CT molecular complexity index is 110. The second-order valence-electron chi connectivity index (χ2n) is 3.02. The van der Waals surface area contributed by atoms with Crippen molar-refractivity contribution >= 4 is 11.6 Å². The maximum absolute atomic E-state index is 5.60. The smallest absolute Gasteiger partial charge is 0.0674 e. The molecular formula is C8H16ClNO. The van der Waals surface area contributed by atoms with Crippen molar-refractivity contribution in [1.29, 1.82) is 0 Å². The molecule has 2 nitrogen and oxygen atoms in total. The molecule has 0 saturated carbocycles. The predicted molar refractivity (Wildman–Crippen MR) is 47.2 cm³/mol. The molecule has 1 saturated heterocycles. The molecule has 0 aliphatic carbocycles. The summed E-state index contributed by atoms with van der Waals surface area (Å²) < 4.78 is 5.41. The minimum absolute atomic E-state index is 0.402. The van der Waals surface area contributed by atoms with Gasteiger partial charge in [-0.2, -0.15) is 0 Å². The predicted octanol–water partition coefficient (Wildman–Crippen LogP) is 1.34. The average molecular weight is 178 g/mol. The van der Waals surface area contributed by atoms with Gasteiger partial charge in [0.15, 0.2) is 0 Å². The third-order valence-corrected chi connectivity index (χ3v) is 2.20. The summed E-state index contributed by atoms with van der Waals surface area (Å²) in [5, 5.41) is 0. The number of alkyl halides is 1. The van der Waals surface area contributed by atoms with Gasteiger partial charge in [-0.05, 0) is 19.9 Å². The largest absolute Gasteiger partial charge is 0.376 e. The first-order valence-electron chi connectivity index (χ1n) is 4.23. The van der Waals surface area contributed by atoms with Gasteiger partial charge >= 0.3 is 0 Å². The number of hydrogen-bond donors (Lipinski definition) is 0. The molecule has 0 aromatic rings. The molecule has 1 rings (SSSR count). The molecule has 1 fully saturated rings. The van der Waals surface area contributed by atoms with Crippen LogP contribution in [0.3, 0.4) is 0 Å². The zero-order valence-corrected chi connectivity index (χ0v) is 7.81. The molecule has 0 unspecified atom stereocenters. The highest BCUT2D eigenvalue weighted by molar-refractivity contribution is 6.17. The molecule has 0 aromatic carbocycles. The van der Waals surface area contributed by atoms with Gasteiger partial charge in [0.05, 0.1) is 12.7 Å². The van der Waals surface area contributed by atoms with E-state index in [0.717, 1.165) is 38.5 Å². The highest BCUT2D eigenvalue weighted by atomic mass is 35.5. The van der Waals surface area contributed by atoms with Gasteiger partial charge in [-0.3, -0.25) is 4.90 Å². The quantitative estimate of drug-likeness (QED) is 0.604. The van der Waals surface area contributed by atoms with Crippen LogP contribution in [-0.2, 0) is 4.74 Å². The Kier molecular flexibility index (Phi) is 4.20. The Balaban J connectivity index is 2.12. The van der Waals surface area contributed by atoms with Gasteiger partial charge < -0.3 is 4.74 Å². The number of halogens is 1. The van der Waals surface area contributed by atoms with Crippen LogP contribution in [-0.4, -0.2) is 43.1 Å². The molecule has 0 aromatic heterocycles. The van der Waals surface area contributed by atoms with Crippen LogP contribution in [0.5, 0.6) is 0 Å². The highest BCUT2D eigenvalue weighted by Gasteiger charge is 2.15. The molecule has 3 heteroatoms. The fourth-order valence-electron chi connectivity index (χ4n) is 1.38. The number of hydrogen-bond acceptors (Lipinski definition) is 2. The van der Waals surface area contributed by atoms with Crippen molar-refractivity contribution < 1.29 is 4.74 Å². The second-order valence-corrected chi connectivity index (χ2v) is 3.40. The highest BCUT2D eigenvalue weighted by Crippen LogP contribution is 2.04. The van der Waals surface area contributed by atoms with Crippen LogP contribution in [0.25, 0.3) is 0 Å². The number of rotatable bonds is 3. The van der Waals surface area contributed by atoms with E-state index >= 15 is 0 Å². The summed E-state index contributed by atoms with van der Waals surface area (Å²) in [5.41, 5.74) is 0. The number of morpholine rings is 1. The van der Waals surface area contributed by atoms with Gasteiger partial charge in [0.1, 0.15) is 0 Å². The van der Waals surface area contributed by atoms with Crippen molar-refractivity contribution in [2.24, 2.45) is 0 Å². The van der Waals surface area contributed by atoms with Crippen LogP contribution >= 0.6 is 11.6 Å². The SMILES string of the molecule is C[C@@H]1CN(CCCCl)CCO1. The minimum Gasteiger partial charge on any atom is -0.376 e. The lowest BCUT2D eigenvalue weighted by molar-refractivity contribution is -0.0179. The van der Waals surface area contributed by atoms with Crippen LogP contribution in [0.2, 0.25) is 0 Å². The Morgan fingerprint density at radius 2 is 2.45 bits per heavy atom. The van der Waals surface area contributed by atoms with Crippen LogP contribution in [0.1, 0.15) is 13.3 Å². The number of ether oxygens (including phenoxy) is 1. The molecule has 0 amide bonds. The lowest BCUT2D eigenvalue weighted by atomic mass is 10.3. The zero-order valence-electron chi connectivity index (χ0n) is 7.05. The lowest BCUT2D eigenvalue weighted by Gasteiger charge is -2.30. The van der Waals surface area contributed by atoms with Crippen LogP contribution < -0.4 is 0 Å². The van der Waals surface area contributed by atoms with Crippen LogP contribution in [0.15, 0.2) is 0 Å². The molecule has 1 aliphatic rings. The minimum atomic E-state index is 0.402. The van der Waals surface area contributed by atoms with Gasteiger partial charge in [0.2, 0.25) is 0 Å². The summed E-state index contributed by atoms with van der Waals surface area (Å²) in [7, 11) is 0. The first kappa shape index (κ1) is 9.30.